The second-order valence-electron chi connectivity index (χ2n) is 10.1. The summed E-state index contributed by atoms with van der Waals surface area (Å²) in [4.78, 5) is 0. The van der Waals surface area contributed by atoms with Gasteiger partial charge in [-0.2, -0.15) is 0 Å². The Kier molecular flexibility index (Phi) is 5.70. The van der Waals surface area contributed by atoms with Gasteiger partial charge in [0.1, 0.15) is 5.75 Å². The van der Waals surface area contributed by atoms with Gasteiger partial charge in [0.25, 0.3) is 0 Å². The van der Waals surface area contributed by atoms with Gasteiger partial charge in [-0.15, -0.1) is 0 Å². The first-order valence-corrected chi connectivity index (χ1v) is 16.4. The molecule has 0 bridgehead atoms. The highest BCUT2D eigenvalue weighted by Gasteiger charge is 2.33. The molecular formula is C22H37NOSi2. The lowest BCUT2D eigenvalue weighted by Gasteiger charge is -2.30. The van der Waals surface area contributed by atoms with Crippen molar-refractivity contribution < 1.29 is 4.43 Å². The van der Waals surface area contributed by atoms with Crippen LogP contribution in [0, 0.1) is 0 Å². The van der Waals surface area contributed by atoms with Gasteiger partial charge in [-0.25, -0.2) is 0 Å². The molecule has 0 saturated carbocycles. The second kappa shape index (κ2) is 7.04. The Hall–Kier alpha value is -1.27. The highest BCUT2D eigenvalue weighted by atomic mass is 28.4. The van der Waals surface area contributed by atoms with Crippen molar-refractivity contribution in [1.82, 2.24) is 5.32 Å². The van der Waals surface area contributed by atoms with Crippen LogP contribution >= 0.6 is 0 Å². The lowest BCUT2D eigenvalue weighted by Crippen LogP contribution is -2.36. The van der Waals surface area contributed by atoms with E-state index < -0.39 is 16.4 Å². The average Bonchev–Trinajstić information content (AvgIpc) is 2.81. The van der Waals surface area contributed by atoms with Crippen LogP contribution in [0.25, 0.3) is 11.6 Å². The molecular weight excluding hydrogens is 350 g/mol. The Bertz CT molecular complexity index is 746. The molecule has 26 heavy (non-hydrogen) atoms. The van der Waals surface area contributed by atoms with Crippen LogP contribution in [0.3, 0.4) is 0 Å². The zero-order chi connectivity index (χ0) is 19.9. The minimum Gasteiger partial charge on any atom is -0.544 e. The van der Waals surface area contributed by atoms with Gasteiger partial charge >= 0.3 is 0 Å². The van der Waals surface area contributed by atoms with Gasteiger partial charge in [0, 0.05) is 22.4 Å². The summed E-state index contributed by atoms with van der Waals surface area (Å²) in [5, 5.41) is 5.33. The summed E-state index contributed by atoms with van der Waals surface area (Å²) >= 11 is 0. The topological polar surface area (TPSA) is 21.3 Å². The Morgan fingerprint density at radius 1 is 1.08 bits per heavy atom. The third-order valence-electron chi connectivity index (χ3n) is 5.08. The lowest BCUT2D eigenvalue weighted by molar-refractivity contribution is 0.482. The second-order valence-corrected chi connectivity index (χ2v) is 19.8. The molecule has 0 unspecified atom stereocenters. The molecule has 0 aliphatic heterocycles. The molecule has 0 saturated heterocycles. The van der Waals surface area contributed by atoms with Crippen LogP contribution in [0.15, 0.2) is 29.1 Å². The van der Waals surface area contributed by atoms with E-state index in [4.69, 9.17) is 4.43 Å². The molecule has 0 heterocycles. The number of benzene rings is 1. The summed E-state index contributed by atoms with van der Waals surface area (Å²) in [6.45, 7) is 23.1. The standard InChI is InChI=1S/C22H37NOSi2/c1-11-26(9,10)16(2)20-18(23-22(3,4)5)15-17-13-12-14-19(21(17)20)24-25(6,7)8/h12-15,23H,11H2,1-10H3. The van der Waals surface area contributed by atoms with Gasteiger partial charge in [-0.3, -0.25) is 0 Å². The van der Waals surface area contributed by atoms with E-state index in [-0.39, 0.29) is 5.54 Å². The van der Waals surface area contributed by atoms with Crippen molar-refractivity contribution in [1.29, 1.82) is 0 Å². The minimum absolute atomic E-state index is 0.0249. The third kappa shape index (κ3) is 4.71. The average molecular weight is 388 g/mol. The summed E-state index contributed by atoms with van der Waals surface area (Å²) in [6, 6.07) is 7.74. The normalized spacial score (nSPS) is 16.9. The molecule has 0 spiro atoms. The van der Waals surface area contributed by atoms with Gasteiger partial charge in [0.05, 0.1) is 8.07 Å². The van der Waals surface area contributed by atoms with Crippen LogP contribution in [-0.2, 0) is 0 Å². The first-order valence-electron chi connectivity index (χ1n) is 9.79. The smallest absolute Gasteiger partial charge is 0.242 e. The molecule has 0 radical (unpaired) electrons. The number of allylic oxidation sites excluding steroid dienone is 2. The van der Waals surface area contributed by atoms with E-state index in [1.165, 1.54) is 28.4 Å². The molecule has 1 aromatic rings. The molecule has 2 nitrogen and oxygen atoms in total. The van der Waals surface area contributed by atoms with Crippen molar-refractivity contribution in [2.45, 2.75) is 78.9 Å². The number of hydrogen-bond donors (Lipinski definition) is 1. The van der Waals surface area contributed by atoms with Crippen molar-refractivity contribution >= 4 is 28.0 Å². The lowest BCUT2D eigenvalue weighted by atomic mass is 10.0. The molecule has 1 aromatic carbocycles. The maximum atomic E-state index is 6.51. The van der Waals surface area contributed by atoms with Gasteiger partial charge < -0.3 is 9.74 Å². The summed E-state index contributed by atoms with van der Waals surface area (Å²) in [7, 11) is -3.14. The van der Waals surface area contributed by atoms with Crippen molar-refractivity contribution in [3.8, 4) is 5.75 Å². The molecule has 0 aromatic heterocycles. The van der Waals surface area contributed by atoms with Crippen molar-refractivity contribution in [2.75, 3.05) is 0 Å². The van der Waals surface area contributed by atoms with Gasteiger partial charge in [-0.05, 0) is 65.0 Å². The fourth-order valence-corrected chi connectivity index (χ4v) is 5.51. The van der Waals surface area contributed by atoms with Crippen molar-refractivity contribution in [3.05, 3.63) is 40.2 Å². The van der Waals surface area contributed by atoms with Gasteiger partial charge in [0.15, 0.2) is 0 Å². The number of rotatable bonds is 5. The SMILES string of the molecule is CC[Si](C)(C)C(C)=C1C(NC(C)(C)C)=Cc2cccc(O[Si](C)(C)C)c21. The maximum Gasteiger partial charge on any atom is 0.242 e. The molecule has 1 aliphatic rings. The molecule has 1 N–H and O–H groups in total. The van der Waals surface area contributed by atoms with Crippen molar-refractivity contribution in [2.24, 2.45) is 0 Å². The number of fused-ring (bicyclic) bond motifs is 1. The van der Waals surface area contributed by atoms with E-state index in [1.807, 2.05) is 0 Å². The molecule has 144 valence electrons. The van der Waals surface area contributed by atoms with E-state index in [0.717, 1.165) is 5.75 Å². The van der Waals surface area contributed by atoms with Crippen LogP contribution < -0.4 is 9.74 Å². The van der Waals surface area contributed by atoms with Gasteiger partial charge in [0.2, 0.25) is 8.32 Å². The predicted molar refractivity (Wildman–Crippen MR) is 122 cm³/mol. The Balaban J connectivity index is 2.70. The van der Waals surface area contributed by atoms with Crippen LogP contribution in [-0.4, -0.2) is 21.9 Å². The highest BCUT2D eigenvalue weighted by Crippen LogP contribution is 2.45. The summed E-state index contributed by atoms with van der Waals surface area (Å²) < 4.78 is 6.51. The first-order chi connectivity index (χ1) is 11.7. The highest BCUT2D eigenvalue weighted by molar-refractivity contribution is 6.85. The Morgan fingerprint density at radius 2 is 1.69 bits per heavy atom. The van der Waals surface area contributed by atoms with Gasteiger partial charge in [-0.1, -0.05) is 43.4 Å². The molecule has 4 heteroatoms. The predicted octanol–water partition coefficient (Wildman–Crippen LogP) is 6.68. The number of nitrogens with one attached hydrogen (secondary N) is 1. The summed E-state index contributed by atoms with van der Waals surface area (Å²) in [6.07, 6.45) is 2.32. The molecule has 0 atom stereocenters. The zero-order valence-corrected chi connectivity index (χ0v) is 20.4. The van der Waals surface area contributed by atoms with Crippen LogP contribution in [0.4, 0.5) is 0 Å². The van der Waals surface area contributed by atoms with E-state index in [9.17, 15) is 0 Å². The van der Waals surface area contributed by atoms with E-state index >= 15 is 0 Å². The maximum absolute atomic E-state index is 6.51. The van der Waals surface area contributed by atoms with Crippen molar-refractivity contribution in [3.63, 3.8) is 0 Å². The summed E-state index contributed by atoms with van der Waals surface area (Å²) in [5.41, 5.74) is 5.25. The fraction of sp³-hybridized carbons (Fsp3) is 0.545. The van der Waals surface area contributed by atoms with Crippen LogP contribution in [0.1, 0.15) is 45.7 Å². The summed E-state index contributed by atoms with van der Waals surface area (Å²) in [5.74, 6) is 1.05. The quantitative estimate of drug-likeness (QED) is 0.569. The molecule has 0 amide bonds. The Morgan fingerprint density at radius 3 is 2.19 bits per heavy atom. The monoisotopic (exact) mass is 387 g/mol. The first kappa shape index (κ1) is 21.0. The number of hydrogen-bond acceptors (Lipinski definition) is 2. The molecule has 0 fully saturated rings. The fourth-order valence-electron chi connectivity index (χ4n) is 3.21. The van der Waals surface area contributed by atoms with E-state index in [1.54, 1.807) is 5.20 Å². The third-order valence-corrected chi connectivity index (χ3v) is 9.96. The van der Waals surface area contributed by atoms with Crippen LogP contribution in [0.5, 0.6) is 5.75 Å². The Labute approximate surface area is 162 Å². The zero-order valence-electron chi connectivity index (χ0n) is 18.4. The molecule has 1 aliphatic carbocycles. The van der Waals surface area contributed by atoms with E-state index in [2.05, 4.69) is 96.9 Å². The largest absolute Gasteiger partial charge is 0.544 e. The van der Waals surface area contributed by atoms with E-state index in [0.29, 0.717) is 0 Å². The van der Waals surface area contributed by atoms with Crippen LogP contribution in [0.2, 0.25) is 38.8 Å². The molecule has 2 rings (SSSR count). The minimum atomic E-state index is -1.68.